The Kier molecular flexibility index (Phi) is 11.8. The number of aliphatic carboxylic acids is 3. The van der Waals surface area contributed by atoms with Crippen LogP contribution in [-0.4, -0.2) is 43.9 Å². The first-order valence-corrected chi connectivity index (χ1v) is 3.17. The minimum absolute atomic E-state index is 0. The van der Waals surface area contributed by atoms with Gasteiger partial charge in [0.05, 0.1) is 12.8 Å². The predicted molar refractivity (Wildman–Crippen MR) is 39.3 cm³/mol. The monoisotopic (exact) mass is 240 g/mol. The van der Waals surface area contributed by atoms with Gasteiger partial charge < -0.3 is 23.3 Å². The Bertz CT molecular complexity index is 245. The van der Waals surface area contributed by atoms with Gasteiger partial charge in [-0.15, -0.1) is 0 Å². The third kappa shape index (κ3) is 8.21. The number of carbonyl (C=O) groups is 3. The van der Waals surface area contributed by atoms with Crippen molar-refractivity contribution in [3.05, 3.63) is 0 Å². The van der Waals surface area contributed by atoms with Gasteiger partial charge in [0, 0.05) is 0 Å². The summed E-state index contributed by atoms with van der Waals surface area (Å²) in [5, 5.41) is 33.8. The molecule has 9 heteroatoms. The average molecular weight is 240 g/mol. The molecule has 0 saturated carbocycles. The third-order valence-corrected chi connectivity index (χ3v) is 1.29. The first-order valence-electron chi connectivity index (χ1n) is 3.17. The molecule has 0 aromatic carbocycles. The molecule has 0 heterocycles. The van der Waals surface area contributed by atoms with Crippen LogP contribution in [0.3, 0.4) is 0 Å². The minimum Gasteiger partial charge on any atom is -1.00 e. The molecule has 0 radical (unpaired) electrons. The standard InChI is InChI=1S/C6H8O7.2Na.2H/c7-3(8)1-6(13,5(11)12)2-4(9)10;;;;/h13H,1-2H2,(H,7,8)(H,9,10)(H,11,12);;;;/q;2*+1;2*-1. The van der Waals surface area contributed by atoms with Crippen molar-refractivity contribution < 1.29 is 96.8 Å². The fourth-order valence-electron chi connectivity index (χ4n) is 0.714. The van der Waals surface area contributed by atoms with Crippen LogP contribution < -0.4 is 59.1 Å². The summed E-state index contributed by atoms with van der Waals surface area (Å²) in [6.45, 7) is 0. The zero-order chi connectivity index (χ0) is 10.6. The number of aliphatic hydroxyl groups is 1. The quantitative estimate of drug-likeness (QED) is 0.351. The molecule has 0 atom stereocenters. The number of rotatable bonds is 5. The van der Waals surface area contributed by atoms with Crippen LogP contribution in [0.15, 0.2) is 0 Å². The summed E-state index contributed by atoms with van der Waals surface area (Å²) in [6, 6.07) is 0. The van der Waals surface area contributed by atoms with Gasteiger partial charge in [-0.2, -0.15) is 0 Å². The van der Waals surface area contributed by atoms with Gasteiger partial charge in [-0.05, 0) is 0 Å². The van der Waals surface area contributed by atoms with Crippen molar-refractivity contribution in [3.63, 3.8) is 0 Å². The summed E-state index contributed by atoms with van der Waals surface area (Å²) in [7, 11) is 0. The van der Waals surface area contributed by atoms with Crippen molar-refractivity contribution in [2.24, 2.45) is 0 Å². The van der Waals surface area contributed by atoms with Crippen molar-refractivity contribution in [1.82, 2.24) is 0 Å². The van der Waals surface area contributed by atoms with Gasteiger partial charge in [-0.25, -0.2) is 4.79 Å². The SMILES string of the molecule is O=C(O)CC(O)(CC(=O)O)C(=O)O.[H-].[H-].[Na+].[Na+]. The topological polar surface area (TPSA) is 132 Å². The Balaban J connectivity index is -0.000000120. The summed E-state index contributed by atoms with van der Waals surface area (Å²) in [5.74, 6) is -5.02. The Morgan fingerprint density at radius 2 is 1.20 bits per heavy atom. The van der Waals surface area contributed by atoms with E-state index in [0.29, 0.717) is 0 Å². The summed E-state index contributed by atoms with van der Waals surface area (Å²) < 4.78 is 0. The van der Waals surface area contributed by atoms with Crippen molar-refractivity contribution in [2.45, 2.75) is 18.4 Å². The second-order valence-corrected chi connectivity index (χ2v) is 2.48. The molecular formula is C6H10Na2O7. The second-order valence-electron chi connectivity index (χ2n) is 2.48. The molecule has 15 heavy (non-hydrogen) atoms. The van der Waals surface area contributed by atoms with Gasteiger partial charge in [0.1, 0.15) is 0 Å². The zero-order valence-corrected chi connectivity index (χ0v) is 12.4. The molecule has 0 rings (SSSR count). The predicted octanol–water partition coefficient (Wildman–Crippen LogP) is -7.02. The second kappa shape index (κ2) is 8.51. The number of hydrogen-bond donors (Lipinski definition) is 4. The Hall–Kier alpha value is 0.370. The van der Waals surface area contributed by atoms with Gasteiger partial charge in [0.2, 0.25) is 0 Å². The van der Waals surface area contributed by atoms with Gasteiger partial charge in [0.15, 0.2) is 5.60 Å². The van der Waals surface area contributed by atoms with Gasteiger partial charge >= 0.3 is 77.0 Å². The molecule has 0 bridgehead atoms. The third-order valence-electron chi connectivity index (χ3n) is 1.29. The fourth-order valence-corrected chi connectivity index (χ4v) is 0.714. The van der Waals surface area contributed by atoms with Gasteiger partial charge in [-0.1, -0.05) is 0 Å². The summed E-state index contributed by atoms with van der Waals surface area (Å²) in [4.78, 5) is 30.5. The molecule has 0 aliphatic heterocycles. The number of carboxylic acid groups (broad SMARTS) is 3. The largest absolute Gasteiger partial charge is 1.00 e. The van der Waals surface area contributed by atoms with E-state index in [2.05, 4.69) is 0 Å². The minimum atomic E-state index is -2.74. The average Bonchev–Trinajstić information content (AvgIpc) is 1.82. The summed E-state index contributed by atoms with van der Waals surface area (Å²) in [5.41, 5.74) is -2.74. The van der Waals surface area contributed by atoms with E-state index in [1.54, 1.807) is 0 Å². The van der Waals surface area contributed by atoms with E-state index in [0.717, 1.165) is 0 Å². The maximum absolute atomic E-state index is 10.3. The van der Waals surface area contributed by atoms with E-state index in [1.807, 2.05) is 0 Å². The molecule has 4 N–H and O–H groups in total. The van der Waals surface area contributed by atoms with Crippen LogP contribution in [0.25, 0.3) is 0 Å². The van der Waals surface area contributed by atoms with Crippen LogP contribution in [0.1, 0.15) is 15.7 Å². The zero-order valence-electron chi connectivity index (χ0n) is 10.4. The summed E-state index contributed by atoms with van der Waals surface area (Å²) in [6.07, 6.45) is -2.29. The molecule has 78 valence electrons. The molecule has 0 amide bonds. The first kappa shape index (κ1) is 20.7. The van der Waals surface area contributed by atoms with E-state index in [1.165, 1.54) is 0 Å². The fraction of sp³-hybridized carbons (Fsp3) is 0.500. The molecule has 0 aromatic heterocycles. The van der Waals surface area contributed by atoms with E-state index >= 15 is 0 Å². The molecule has 0 saturated heterocycles. The van der Waals surface area contributed by atoms with Crippen molar-refractivity contribution in [2.75, 3.05) is 0 Å². The van der Waals surface area contributed by atoms with Crippen molar-refractivity contribution >= 4 is 17.9 Å². The maximum Gasteiger partial charge on any atom is 1.00 e. The summed E-state index contributed by atoms with van der Waals surface area (Å²) >= 11 is 0. The van der Waals surface area contributed by atoms with Crippen LogP contribution in [-0.2, 0) is 14.4 Å². The van der Waals surface area contributed by atoms with Gasteiger partial charge in [-0.3, -0.25) is 9.59 Å². The molecule has 0 aromatic rings. The van der Waals surface area contributed by atoms with Crippen LogP contribution in [0, 0.1) is 0 Å². The molecule has 0 unspecified atom stereocenters. The molecule has 0 spiro atoms. The maximum atomic E-state index is 10.3. The first-order chi connectivity index (χ1) is 5.78. The van der Waals surface area contributed by atoms with Gasteiger partial charge in [0.25, 0.3) is 0 Å². The van der Waals surface area contributed by atoms with Crippen LogP contribution >= 0.6 is 0 Å². The van der Waals surface area contributed by atoms with Crippen molar-refractivity contribution in [3.8, 4) is 0 Å². The van der Waals surface area contributed by atoms with Crippen LogP contribution in [0.2, 0.25) is 0 Å². The Morgan fingerprint density at radius 1 is 0.933 bits per heavy atom. The Morgan fingerprint density at radius 3 is 1.33 bits per heavy atom. The molecule has 7 nitrogen and oxygen atoms in total. The van der Waals surface area contributed by atoms with E-state index < -0.39 is 36.4 Å². The normalized spacial score (nSPS) is 9.40. The molecule has 0 aliphatic carbocycles. The number of hydrogen-bond acceptors (Lipinski definition) is 4. The smallest absolute Gasteiger partial charge is 1.00 e. The molecular weight excluding hydrogens is 230 g/mol. The van der Waals surface area contributed by atoms with Crippen molar-refractivity contribution in [1.29, 1.82) is 0 Å². The Labute approximate surface area is 132 Å². The van der Waals surface area contributed by atoms with E-state index in [9.17, 15) is 14.4 Å². The van der Waals surface area contributed by atoms with E-state index in [4.69, 9.17) is 20.4 Å². The molecule has 0 fully saturated rings. The molecule has 0 aliphatic rings. The van der Waals surface area contributed by atoms with E-state index in [-0.39, 0.29) is 62.0 Å². The van der Waals surface area contributed by atoms with Crippen LogP contribution in [0.4, 0.5) is 0 Å². The number of carboxylic acids is 3. The van der Waals surface area contributed by atoms with Crippen LogP contribution in [0.5, 0.6) is 0 Å².